The number of aryl methyl sites for hydroxylation is 1. The van der Waals surface area contributed by atoms with Crippen LogP contribution in [0.5, 0.6) is 0 Å². The Morgan fingerprint density at radius 1 is 1.71 bits per heavy atom. The SMILES string of the molecule is Cc1[nH]ncc1NC(=O)C1CCNC1. The predicted molar refractivity (Wildman–Crippen MR) is 52.9 cm³/mol. The fourth-order valence-corrected chi connectivity index (χ4v) is 1.59. The van der Waals surface area contributed by atoms with Crippen LogP contribution in [0.3, 0.4) is 0 Å². The molecule has 0 aliphatic carbocycles. The van der Waals surface area contributed by atoms with Gasteiger partial charge in [0.25, 0.3) is 0 Å². The van der Waals surface area contributed by atoms with E-state index in [9.17, 15) is 4.79 Å². The van der Waals surface area contributed by atoms with Crippen molar-refractivity contribution < 1.29 is 4.79 Å². The van der Waals surface area contributed by atoms with E-state index < -0.39 is 0 Å². The monoisotopic (exact) mass is 194 g/mol. The Morgan fingerprint density at radius 3 is 3.14 bits per heavy atom. The van der Waals surface area contributed by atoms with E-state index in [-0.39, 0.29) is 11.8 Å². The summed E-state index contributed by atoms with van der Waals surface area (Å²) in [5.74, 6) is 0.184. The summed E-state index contributed by atoms with van der Waals surface area (Å²) in [6.45, 7) is 3.60. The van der Waals surface area contributed by atoms with E-state index in [0.29, 0.717) is 0 Å². The van der Waals surface area contributed by atoms with E-state index in [1.165, 1.54) is 0 Å². The van der Waals surface area contributed by atoms with Gasteiger partial charge in [0.15, 0.2) is 0 Å². The molecule has 0 saturated carbocycles. The summed E-state index contributed by atoms with van der Waals surface area (Å²) < 4.78 is 0. The molecular formula is C9H14N4O. The van der Waals surface area contributed by atoms with E-state index in [2.05, 4.69) is 20.8 Å². The van der Waals surface area contributed by atoms with Crippen molar-refractivity contribution in [3.63, 3.8) is 0 Å². The third-order valence-electron chi connectivity index (χ3n) is 2.52. The van der Waals surface area contributed by atoms with Crippen molar-refractivity contribution in [2.45, 2.75) is 13.3 Å². The fraction of sp³-hybridized carbons (Fsp3) is 0.556. The smallest absolute Gasteiger partial charge is 0.228 e. The van der Waals surface area contributed by atoms with Crippen molar-refractivity contribution in [2.24, 2.45) is 5.92 Å². The molecule has 2 rings (SSSR count). The van der Waals surface area contributed by atoms with Crippen LogP contribution in [0.25, 0.3) is 0 Å². The first kappa shape index (κ1) is 9.21. The van der Waals surface area contributed by atoms with Gasteiger partial charge >= 0.3 is 0 Å². The van der Waals surface area contributed by atoms with Gasteiger partial charge in [-0.25, -0.2) is 0 Å². The highest BCUT2D eigenvalue weighted by molar-refractivity contribution is 5.93. The maximum Gasteiger partial charge on any atom is 0.228 e. The van der Waals surface area contributed by atoms with Crippen LogP contribution in [-0.4, -0.2) is 29.2 Å². The normalized spacial score (nSPS) is 21.1. The first-order valence-electron chi connectivity index (χ1n) is 4.79. The third-order valence-corrected chi connectivity index (χ3v) is 2.52. The van der Waals surface area contributed by atoms with E-state index in [1.54, 1.807) is 6.20 Å². The Morgan fingerprint density at radius 2 is 2.57 bits per heavy atom. The number of rotatable bonds is 2. The van der Waals surface area contributed by atoms with Crippen LogP contribution in [0.1, 0.15) is 12.1 Å². The minimum absolute atomic E-state index is 0.0829. The highest BCUT2D eigenvalue weighted by Crippen LogP contribution is 2.14. The molecule has 1 aromatic heterocycles. The Hall–Kier alpha value is -1.36. The van der Waals surface area contributed by atoms with Gasteiger partial charge in [-0.2, -0.15) is 5.10 Å². The maximum atomic E-state index is 11.7. The summed E-state index contributed by atoms with van der Waals surface area (Å²) in [6, 6.07) is 0. The number of carbonyl (C=O) groups excluding carboxylic acids is 1. The zero-order valence-corrected chi connectivity index (χ0v) is 8.13. The number of nitrogens with one attached hydrogen (secondary N) is 3. The number of hydrogen-bond donors (Lipinski definition) is 3. The Bertz CT molecular complexity index is 327. The fourth-order valence-electron chi connectivity index (χ4n) is 1.59. The zero-order chi connectivity index (χ0) is 9.97. The van der Waals surface area contributed by atoms with Crippen LogP contribution in [-0.2, 0) is 4.79 Å². The van der Waals surface area contributed by atoms with E-state index in [4.69, 9.17) is 0 Å². The average Bonchev–Trinajstić information content (AvgIpc) is 2.77. The minimum Gasteiger partial charge on any atom is -0.323 e. The lowest BCUT2D eigenvalue weighted by Gasteiger charge is -2.08. The molecule has 3 N–H and O–H groups in total. The second-order valence-electron chi connectivity index (χ2n) is 3.59. The van der Waals surface area contributed by atoms with Gasteiger partial charge in [-0.3, -0.25) is 9.89 Å². The maximum absolute atomic E-state index is 11.7. The second kappa shape index (κ2) is 3.79. The number of nitrogens with zero attached hydrogens (tertiary/aromatic N) is 1. The van der Waals surface area contributed by atoms with Gasteiger partial charge in [-0.15, -0.1) is 0 Å². The molecule has 0 aromatic carbocycles. The van der Waals surface area contributed by atoms with Gasteiger partial charge in [0.2, 0.25) is 5.91 Å². The molecule has 1 unspecified atom stereocenters. The minimum atomic E-state index is 0.0829. The van der Waals surface area contributed by atoms with Gasteiger partial charge in [0, 0.05) is 6.54 Å². The zero-order valence-electron chi connectivity index (χ0n) is 8.13. The summed E-state index contributed by atoms with van der Waals surface area (Å²) in [5, 5.41) is 12.7. The summed E-state index contributed by atoms with van der Waals surface area (Å²) in [7, 11) is 0. The summed E-state index contributed by atoms with van der Waals surface area (Å²) >= 11 is 0. The highest BCUT2D eigenvalue weighted by atomic mass is 16.1. The molecule has 0 spiro atoms. The third kappa shape index (κ3) is 1.77. The Balaban J connectivity index is 1.97. The molecular weight excluding hydrogens is 180 g/mol. The predicted octanol–water partition coefficient (Wildman–Crippen LogP) is 0.266. The molecule has 76 valence electrons. The van der Waals surface area contributed by atoms with Crippen LogP contribution in [0, 0.1) is 12.8 Å². The first-order chi connectivity index (χ1) is 6.77. The Kier molecular flexibility index (Phi) is 2.49. The number of H-pyrrole nitrogens is 1. The number of carbonyl (C=O) groups is 1. The van der Waals surface area contributed by atoms with Gasteiger partial charge in [0.05, 0.1) is 23.5 Å². The lowest BCUT2D eigenvalue weighted by atomic mass is 10.1. The standard InChI is InChI=1S/C9H14N4O/c1-6-8(5-11-13-6)12-9(14)7-2-3-10-4-7/h5,7,10H,2-4H2,1H3,(H,11,13)(H,12,14). The molecule has 1 atom stereocenters. The average molecular weight is 194 g/mol. The number of anilines is 1. The molecule has 1 aliphatic heterocycles. The van der Waals surface area contributed by atoms with Gasteiger partial charge in [-0.1, -0.05) is 0 Å². The summed E-state index contributed by atoms with van der Waals surface area (Å²) in [6.07, 6.45) is 2.55. The molecule has 14 heavy (non-hydrogen) atoms. The lowest BCUT2D eigenvalue weighted by Crippen LogP contribution is -2.24. The van der Waals surface area contributed by atoms with Crippen molar-refractivity contribution in [2.75, 3.05) is 18.4 Å². The molecule has 5 nitrogen and oxygen atoms in total. The number of aromatic nitrogens is 2. The molecule has 5 heteroatoms. The van der Waals surface area contributed by atoms with Crippen molar-refractivity contribution in [1.29, 1.82) is 0 Å². The molecule has 0 bridgehead atoms. The first-order valence-corrected chi connectivity index (χ1v) is 4.79. The molecule has 1 amide bonds. The highest BCUT2D eigenvalue weighted by Gasteiger charge is 2.22. The van der Waals surface area contributed by atoms with E-state index >= 15 is 0 Å². The molecule has 2 heterocycles. The molecule has 1 fully saturated rings. The molecule has 1 aliphatic rings. The number of hydrogen-bond acceptors (Lipinski definition) is 3. The topological polar surface area (TPSA) is 69.8 Å². The van der Waals surface area contributed by atoms with Crippen LogP contribution >= 0.6 is 0 Å². The van der Waals surface area contributed by atoms with Crippen LogP contribution in [0.4, 0.5) is 5.69 Å². The van der Waals surface area contributed by atoms with Gasteiger partial charge < -0.3 is 10.6 Å². The number of amides is 1. The Labute approximate surface area is 82.3 Å². The van der Waals surface area contributed by atoms with E-state index in [1.807, 2.05) is 6.92 Å². The van der Waals surface area contributed by atoms with Crippen LogP contribution in [0.2, 0.25) is 0 Å². The molecule has 1 saturated heterocycles. The van der Waals surface area contributed by atoms with Crippen LogP contribution in [0.15, 0.2) is 6.20 Å². The quantitative estimate of drug-likeness (QED) is 0.632. The van der Waals surface area contributed by atoms with Crippen molar-refractivity contribution in [3.8, 4) is 0 Å². The number of aromatic amines is 1. The summed E-state index contributed by atoms with van der Waals surface area (Å²) in [4.78, 5) is 11.7. The summed E-state index contributed by atoms with van der Waals surface area (Å²) in [5.41, 5.74) is 1.67. The van der Waals surface area contributed by atoms with Gasteiger partial charge in [-0.05, 0) is 19.9 Å². The van der Waals surface area contributed by atoms with Crippen molar-refractivity contribution in [3.05, 3.63) is 11.9 Å². The molecule has 1 aromatic rings. The van der Waals surface area contributed by atoms with Crippen molar-refractivity contribution in [1.82, 2.24) is 15.5 Å². The van der Waals surface area contributed by atoms with E-state index in [0.717, 1.165) is 30.9 Å². The second-order valence-corrected chi connectivity index (χ2v) is 3.59. The van der Waals surface area contributed by atoms with Crippen molar-refractivity contribution >= 4 is 11.6 Å². The molecule has 0 radical (unpaired) electrons. The van der Waals surface area contributed by atoms with Crippen LogP contribution < -0.4 is 10.6 Å². The largest absolute Gasteiger partial charge is 0.323 e. The lowest BCUT2D eigenvalue weighted by molar-refractivity contribution is -0.119. The van der Waals surface area contributed by atoms with Gasteiger partial charge in [0.1, 0.15) is 0 Å².